The fourth-order valence-electron chi connectivity index (χ4n) is 3.28. The van der Waals surface area contributed by atoms with Crippen molar-refractivity contribution < 1.29 is 5.11 Å². The maximum atomic E-state index is 9.47. The lowest BCUT2D eigenvalue weighted by atomic mass is 10.1. The van der Waals surface area contributed by atoms with Gasteiger partial charge < -0.3 is 9.51 Å². The molecule has 114 valence electrons. The topological polar surface area (TPSA) is 58.6 Å². The van der Waals surface area contributed by atoms with Crippen LogP contribution in [-0.2, 0) is 33.2 Å². The molecule has 1 N–H and O–H groups in total. The van der Waals surface area contributed by atoms with Gasteiger partial charge in [-0.3, -0.25) is 9.58 Å². The summed E-state index contributed by atoms with van der Waals surface area (Å²) in [5, 5.41) is 13.9. The molecule has 4 heterocycles. The Kier molecular flexibility index (Phi) is 3.20. The summed E-state index contributed by atoms with van der Waals surface area (Å²) in [5.41, 5.74) is 5.28. The van der Waals surface area contributed by atoms with Crippen molar-refractivity contribution in [2.45, 2.75) is 26.1 Å². The van der Waals surface area contributed by atoms with E-state index in [4.69, 9.17) is 0 Å². The SMILES string of the molecule is Cn1nc(CO)c2c1CCN(Cc1cn3ccccc3n1)C2. The van der Waals surface area contributed by atoms with Crippen LogP contribution in [0.1, 0.15) is 22.6 Å². The van der Waals surface area contributed by atoms with Gasteiger partial charge in [-0.15, -0.1) is 0 Å². The molecule has 0 amide bonds. The van der Waals surface area contributed by atoms with Gasteiger partial charge in [0.2, 0.25) is 0 Å². The summed E-state index contributed by atoms with van der Waals surface area (Å²) >= 11 is 0. The van der Waals surface area contributed by atoms with E-state index in [9.17, 15) is 5.11 Å². The quantitative estimate of drug-likeness (QED) is 0.787. The van der Waals surface area contributed by atoms with E-state index in [1.165, 1.54) is 11.3 Å². The van der Waals surface area contributed by atoms with Crippen LogP contribution in [0, 0.1) is 0 Å². The Morgan fingerprint density at radius 3 is 3.05 bits per heavy atom. The highest BCUT2D eigenvalue weighted by Gasteiger charge is 2.23. The summed E-state index contributed by atoms with van der Waals surface area (Å²) in [4.78, 5) is 7.03. The highest BCUT2D eigenvalue weighted by atomic mass is 16.3. The van der Waals surface area contributed by atoms with Crippen LogP contribution in [0.5, 0.6) is 0 Å². The van der Waals surface area contributed by atoms with Crippen LogP contribution < -0.4 is 0 Å². The number of rotatable bonds is 3. The van der Waals surface area contributed by atoms with Crippen LogP contribution in [0.4, 0.5) is 0 Å². The van der Waals surface area contributed by atoms with Crippen LogP contribution >= 0.6 is 0 Å². The molecule has 0 spiro atoms. The van der Waals surface area contributed by atoms with Crippen molar-refractivity contribution in [3.05, 3.63) is 53.2 Å². The van der Waals surface area contributed by atoms with Crippen molar-refractivity contribution >= 4 is 5.65 Å². The summed E-state index contributed by atoms with van der Waals surface area (Å²) < 4.78 is 3.96. The molecule has 6 heteroatoms. The Morgan fingerprint density at radius 2 is 2.23 bits per heavy atom. The fourth-order valence-corrected chi connectivity index (χ4v) is 3.28. The van der Waals surface area contributed by atoms with Gasteiger partial charge in [0.25, 0.3) is 0 Å². The number of aromatic nitrogens is 4. The molecule has 0 radical (unpaired) electrons. The summed E-state index contributed by atoms with van der Waals surface area (Å²) in [6.07, 6.45) is 5.07. The van der Waals surface area contributed by atoms with Gasteiger partial charge in [-0.2, -0.15) is 5.10 Å². The standard InChI is InChI=1S/C16H19N5O/c1-19-15-5-7-20(10-13(15)14(11-22)18-19)8-12-9-21-6-3-2-4-16(21)17-12/h2-4,6,9,22H,5,7-8,10-11H2,1H3. The molecule has 0 aliphatic carbocycles. The van der Waals surface area contributed by atoms with Gasteiger partial charge in [0.1, 0.15) is 5.65 Å². The first kappa shape index (κ1) is 13.5. The molecule has 4 rings (SSSR count). The number of aryl methyl sites for hydroxylation is 1. The molecule has 0 aromatic carbocycles. The van der Waals surface area contributed by atoms with E-state index in [0.29, 0.717) is 0 Å². The Balaban J connectivity index is 1.57. The van der Waals surface area contributed by atoms with E-state index in [1.807, 2.05) is 40.5 Å². The lowest BCUT2D eigenvalue weighted by Crippen LogP contribution is -2.31. The second-order valence-electron chi connectivity index (χ2n) is 5.81. The van der Waals surface area contributed by atoms with Crippen molar-refractivity contribution in [1.29, 1.82) is 0 Å². The minimum atomic E-state index is 0.00534. The Labute approximate surface area is 128 Å². The number of aliphatic hydroxyl groups is 1. The molecular formula is C16H19N5O. The third-order valence-corrected chi connectivity index (χ3v) is 4.35. The highest BCUT2D eigenvalue weighted by Crippen LogP contribution is 2.23. The zero-order valence-electron chi connectivity index (χ0n) is 12.6. The van der Waals surface area contributed by atoms with E-state index in [-0.39, 0.29) is 6.61 Å². The molecule has 0 saturated heterocycles. The van der Waals surface area contributed by atoms with Gasteiger partial charge in [-0.25, -0.2) is 4.98 Å². The molecule has 0 unspecified atom stereocenters. The maximum absolute atomic E-state index is 9.47. The molecule has 3 aromatic heterocycles. The number of pyridine rings is 1. The van der Waals surface area contributed by atoms with Gasteiger partial charge in [-0.1, -0.05) is 6.07 Å². The molecule has 0 bridgehead atoms. The van der Waals surface area contributed by atoms with Crippen molar-refractivity contribution in [2.75, 3.05) is 6.54 Å². The Bertz CT molecular complexity index is 786. The van der Waals surface area contributed by atoms with Gasteiger partial charge in [0.15, 0.2) is 0 Å². The van der Waals surface area contributed by atoms with Crippen LogP contribution in [0.3, 0.4) is 0 Å². The highest BCUT2D eigenvalue weighted by molar-refractivity contribution is 5.39. The van der Waals surface area contributed by atoms with Crippen LogP contribution in [0.15, 0.2) is 30.6 Å². The van der Waals surface area contributed by atoms with Crippen molar-refractivity contribution in [1.82, 2.24) is 24.1 Å². The smallest absolute Gasteiger partial charge is 0.137 e. The Morgan fingerprint density at radius 1 is 1.32 bits per heavy atom. The fraction of sp³-hybridized carbons (Fsp3) is 0.375. The number of hydrogen-bond acceptors (Lipinski definition) is 4. The molecule has 0 saturated carbocycles. The van der Waals surface area contributed by atoms with Crippen LogP contribution in [0.2, 0.25) is 0 Å². The molecule has 1 aliphatic heterocycles. The van der Waals surface area contributed by atoms with E-state index in [2.05, 4.69) is 21.2 Å². The maximum Gasteiger partial charge on any atom is 0.137 e. The van der Waals surface area contributed by atoms with E-state index < -0.39 is 0 Å². The van der Waals surface area contributed by atoms with Crippen molar-refractivity contribution in [2.24, 2.45) is 7.05 Å². The van der Waals surface area contributed by atoms with Gasteiger partial charge in [-0.05, 0) is 12.1 Å². The first-order chi connectivity index (χ1) is 10.7. The number of fused-ring (bicyclic) bond motifs is 2. The Hall–Kier alpha value is -2.18. The first-order valence-electron chi connectivity index (χ1n) is 7.54. The number of aliphatic hydroxyl groups excluding tert-OH is 1. The summed E-state index contributed by atoms with van der Waals surface area (Å²) in [6.45, 7) is 2.64. The van der Waals surface area contributed by atoms with Crippen molar-refractivity contribution in [3.63, 3.8) is 0 Å². The third kappa shape index (κ3) is 2.20. The number of nitrogens with zero attached hydrogens (tertiary/aromatic N) is 5. The van der Waals surface area contributed by atoms with E-state index in [0.717, 1.165) is 43.1 Å². The van der Waals surface area contributed by atoms with Crippen LogP contribution in [0.25, 0.3) is 5.65 Å². The lowest BCUT2D eigenvalue weighted by Gasteiger charge is -2.26. The minimum absolute atomic E-state index is 0.00534. The largest absolute Gasteiger partial charge is 0.390 e. The molecule has 0 fully saturated rings. The van der Waals surface area contributed by atoms with Gasteiger partial charge in [0.05, 0.1) is 18.0 Å². The first-order valence-corrected chi connectivity index (χ1v) is 7.54. The zero-order valence-corrected chi connectivity index (χ0v) is 12.6. The monoisotopic (exact) mass is 297 g/mol. The average Bonchev–Trinajstić information content (AvgIpc) is 3.07. The predicted molar refractivity (Wildman–Crippen MR) is 82.1 cm³/mol. The van der Waals surface area contributed by atoms with Gasteiger partial charge in [0, 0.05) is 56.8 Å². The minimum Gasteiger partial charge on any atom is -0.390 e. The lowest BCUT2D eigenvalue weighted by molar-refractivity contribution is 0.234. The number of imidazole rings is 1. The molecule has 0 atom stereocenters. The molecule has 3 aromatic rings. The summed E-state index contributed by atoms with van der Waals surface area (Å²) in [7, 11) is 1.95. The van der Waals surface area contributed by atoms with E-state index in [1.54, 1.807) is 0 Å². The summed E-state index contributed by atoms with van der Waals surface area (Å²) in [6, 6.07) is 6.03. The van der Waals surface area contributed by atoms with Gasteiger partial charge >= 0.3 is 0 Å². The predicted octanol–water partition coefficient (Wildman–Crippen LogP) is 1.12. The summed E-state index contributed by atoms with van der Waals surface area (Å²) in [5.74, 6) is 0. The molecule has 6 nitrogen and oxygen atoms in total. The zero-order chi connectivity index (χ0) is 15.1. The molecule has 22 heavy (non-hydrogen) atoms. The average molecular weight is 297 g/mol. The molecule has 1 aliphatic rings. The van der Waals surface area contributed by atoms with Crippen LogP contribution in [-0.4, -0.2) is 35.7 Å². The third-order valence-electron chi connectivity index (χ3n) is 4.35. The normalized spacial score (nSPS) is 15.4. The second kappa shape index (κ2) is 5.23. The second-order valence-corrected chi connectivity index (χ2v) is 5.81. The number of hydrogen-bond donors (Lipinski definition) is 1. The molecular weight excluding hydrogens is 278 g/mol. The van der Waals surface area contributed by atoms with E-state index >= 15 is 0 Å². The van der Waals surface area contributed by atoms with Crippen molar-refractivity contribution in [3.8, 4) is 0 Å².